The monoisotopic (exact) mass is 146 g/mol. The molecule has 1 N–H and O–H groups in total. The van der Waals surface area contributed by atoms with Crippen LogP contribution in [0.4, 0.5) is 0 Å². The van der Waals surface area contributed by atoms with E-state index in [9.17, 15) is 5.11 Å². The summed E-state index contributed by atoms with van der Waals surface area (Å²) in [6.07, 6.45) is -0.801. The summed E-state index contributed by atoms with van der Waals surface area (Å²) in [6.45, 7) is 3.89. The van der Waals surface area contributed by atoms with Crippen molar-refractivity contribution in [1.82, 2.24) is 0 Å². The van der Waals surface area contributed by atoms with E-state index in [1.807, 2.05) is 13.8 Å². The normalized spacial score (nSPS) is 48.0. The zero-order valence-corrected chi connectivity index (χ0v) is 6.57. The van der Waals surface area contributed by atoms with Crippen LogP contribution in [0, 0.1) is 5.92 Å². The quantitative estimate of drug-likeness (QED) is 0.581. The van der Waals surface area contributed by atoms with E-state index in [4.69, 9.17) is 9.47 Å². The number of methoxy groups -OCH3 is 1. The van der Waals surface area contributed by atoms with Crippen molar-refractivity contribution in [2.45, 2.75) is 32.3 Å². The molecule has 3 nitrogen and oxygen atoms in total. The van der Waals surface area contributed by atoms with Crippen LogP contribution < -0.4 is 0 Å². The van der Waals surface area contributed by atoms with Gasteiger partial charge in [-0.2, -0.15) is 0 Å². The third-order valence-corrected chi connectivity index (χ3v) is 2.14. The molecule has 0 amide bonds. The predicted octanol–water partition coefficient (Wildman–Crippen LogP) is 0.375. The molecule has 1 aliphatic heterocycles. The lowest BCUT2D eigenvalue weighted by Crippen LogP contribution is -2.26. The van der Waals surface area contributed by atoms with E-state index in [0.29, 0.717) is 0 Å². The smallest absolute Gasteiger partial charge is 0.183 e. The highest BCUT2D eigenvalue weighted by Crippen LogP contribution is 2.26. The first-order valence-corrected chi connectivity index (χ1v) is 3.53. The lowest BCUT2D eigenvalue weighted by molar-refractivity contribution is -0.145. The Labute approximate surface area is 60.9 Å². The Kier molecular flexibility index (Phi) is 2.28. The molecular weight excluding hydrogens is 132 g/mol. The summed E-state index contributed by atoms with van der Waals surface area (Å²) >= 11 is 0. The largest absolute Gasteiger partial charge is 0.387 e. The van der Waals surface area contributed by atoms with Crippen molar-refractivity contribution in [3.05, 3.63) is 0 Å². The summed E-state index contributed by atoms with van der Waals surface area (Å²) in [4.78, 5) is 0. The SMILES string of the molecule is CO[C@@H]1O[C@@H](C)[C@H](C)[C@@H]1O. The molecule has 0 aromatic carbocycles. The minimum Gasteiger partial charge on any atom is -0.387 e. The fourth-order valence-electron chi connectivity index (χ4n) is 1.14. The Morgan fingerprint density at radius 1 is 1.40 bits per heavy atom. The molecule has 1 saturated heterocycles. The van der Waals surface area contributed by atoms with Gasteiger partial charge in [0, 0.05) is 13.0 Å². The van der Waals surface area contributed by atoms with Crippen molar-refractivity contribution in [2.75, 3.05) is 7.11 Å². The third-order valence-electron chi connectivity index (χ3n) is 2.14. The van der Waals surface area contributed by atoms with Gasteiger partial charge in [-0.05, 0) is 6.92 Å². The first kappa shape index (κ1) is 7.98. The maximum Gasteiger partial charge on any atom is 0.183 e. The van der Waals surface area contributed by atoms with Gasteiger partial charge in [0.05, 0.1) is 6.10 Å². The fourth-order valence-corrected chi connectivity index (χ4v) is 1.14. The first-order valence-electron chi connectivity index (χ1n) is 3.53. The van der Waals surface area contributed by atoms with Crippen LogP contribution in [0.15, 0.2) is 0 Å². The van der Waals surface area contributed by atoms with E-state index in [2.05, 4.69) is 0 Å². The molecule has 0 aliphatic carbocycles. The maximum atomic E-state index is 9.38. The van der Waals surface area contributed by atoms with E-state index in [0.717, 1.165) is 0 Å². The van der Waals surface area contributed by atoms with Crippen molar-refractivity contribution in [3.8, 4) is 0 Å². The molecule has 0 aromatic heterocycles. The van der Waals surface area contributed by atoms with Crippen LogP contribution in [0.1, 0.15) is 13.8 Å². The number of aliphatic hydroxyl groups is 1. The topological polar surface area (TPSA) is 38.7 Å². The molecule has 3 heteroatoms. The number of ether oxygens (including phenoxy) is 2. The summed E-state index contributed by atoms with van der Waals surface area (Å²) in [7, 11) is 1.54. The van der Waals surface area contributed by atoms with Gasteiger partial charge in [0.15, 0.2) is 6.29 Å². The van der Waals surface area contributed by atoms with Crippen LogP contribution in [0.3, 0.4) is 0 Å². The van der Waals surface area contributed by atoms with Gasteiger partial charge in [0.1, 0.15) is 6.10 Å². The highest BCUT2D eigenvalue weighted by atomic mass is 16.7. The zero-order valence-electron chi connectivity index (χ0n) is 6.57. The molecule has 60 valence electrons. The second kappa shape index (κ2) is 2.86. The van der Waals surface area contributed by atoms with Gasteiger partial charge in [-0.15, -0.1) is 0 Å². The molecule has 1 heterocycles. The van der Waals surface area contributed by atoms with Crippen LogP contribution in [0.2, 0.25) is 0 Å². The molecule has 0 unspecified atom stereocenters. The van der Waals surface area contributed by atoms with Gasteiger partial charge in [0.2, 0.25) is 0 Å². The van der Waals surface area contributed by atoms with E-state index in [1.165, 1.54) is 0 Å². The second-order valence-corrected chi connectivity index (χ2v) is 2.80. The van der Waals surface area contributed by atoms with Crippen LogP contribution in [0.5, 0.6) is 0 Å². The molecule has 1 rings (SSSR count). The van der Waals surface area contributed by atoms with Crippen molar-refractivity contribution < 1.29 is 14.6 Å². The van der Waals surface area contributed by atoms with Gasteiger partial charge >= 0.3 is 0 Å². The summed E-state index contributed by atoms with van der Waals surface area (Å²) in [5.41, 5.74) is 0. The Morgan fingerprint density at radius 3 is 2.20 bits per heavy atom. The summed E-state index contributed by atoms with van der Waals surface area (Å²) in [6, 6.07) is 0. The minimum absolute atomic E-state index is 0.0972. The molecule has 10 heavy (non-hydrogen) atoms. The number of hydrogen-bond acceptors (Lipinski definition) is 3. The maximum absolute atomic E-state index is 9.38. The summed E-state index contributed by atoms with van der Waals surface area (Å²) < 4.78 is 10.2. The second-order valence-electron chi connectivity index (χ2n) is 2.80. The van der Waals surface area contributed by atoms with Crippen LogP contribution >= 0.6 is 0 Å². The predicted molar refractivity (Wildman–Crippen MR) is 36.5 cm³/mol. The van der Waals surface area contributed by atoms with Gasteiger partial charge in [-0.3, -0.25) is 0 Å². The van der Waals surface area contributed by atoms with Crippen LogP contribution in [-0.2, 0) is 9.47 Å². The van der Waals surface area contributed by atoms with E-state index in [-0.39, 0.29) is 12.0 Å². The Morgan fingerprint density at radius 2 is 2.00 bits per heavy atom. The first-order chi connectivity index (χ1) is 4.66. The number of rotatable bonds is 1. The molecule has 4 atom stereocenters. The van der Waals surface area contributed by atoms with Crippen molar-refractivity contribution in [3.63, 3.8) is 0 Å². The Balaban J connectivity index is 2.53. The zero-order chi connectivity index (χ0) is 7.72. The molecule has 0 aromatic rings. The molecular formula is C7H14O3. The average molecular weight is 146 g/mol. The van der Waals surface area contributed by atoms with Gasteiger partial charge in [-0.25, -0.2) is 0 Å². The molecule has 0 saturated carbocycles. The summed E-state index contributed by atoms with van der Waals surface area (Å²) in [5.74, 6) is 0.171. The van der Waals surface area contributed by atoms with Crippen molar-refractivity contribution in [2.24, 2.45) is 5.92 Å². The molecule has 0 spiro atoms. The van der Waals surface area contributed by atoms with E-state index >= 15 is 0 Å². The highest BCUT2D eigenvalue weighted by Gasteiger charge is 2.38. The van der Waals surface area contributed by atoms with Gasteiger partial charge < -0.3 is 14.6 Å². The standard InChI is InChI=1S/C7H14O3/c1-4-5(2)10-7(9-3)6(4)8/h4-8H,1-3H3/t4-,5-,6-,7+/m0/s1. The van der Waals surface area contributed by atoms with Crippen LogP contribution in [-0.4, -0.2) is 30.7 Å². The molecule has 1 fully saturated rings. The van der Waals surface area contributed by atoms with E-state index < -0.39 is 12.4 Å². The Hall–Kier alpha value is -0.120. The fraction of sp³-hybridized carbons (Fsp3) is 1.00. The Bertz CT molecular complexity index is 115. The van der Waals surface area contributed by atoms with Crippen LogP contribution in [0.25, 0.3) is 0 Å². The molecule has 0 radical (unpaired) electrons. The number of aliphatic hydroxyl groups excluding tert-OH is 1. The number of hydrogen-bond donors (Lipinski definition) is 1. The minimum atomic E-state index is -0.472. The average Bonchev–Trinajstić information content (AvgIpc) is 2.17. The third kappa shape index (κ3) is 1.17. The lowest BCUT2D eigenvalue weighted by atomic mass is 10.0. The lowest BCUT2D eigenvalue weighted by Gasteiger charge is -2.12. The highest BCUT2D eigenvalue weighted by molar-refractivity contribution is 4.80. The van der Waals surface area contributed by atoms with Crippen molar-refractivity contribution >= 4 is 0 Å². The molecule has 1 aliphatic rings. The van der Waals surface area contributed by atoms with E-state index in [1.54, 1.807) is 7.11 Å². The van der Waals surface area contributed by atoms with Gasteiger partial charge in [-0.1, -0.05) is 6.92 Å². The van der Waals surface area contributed by atoms with Crippen molar-refractivity contribution in [1.29, 1.82) is 0 Å². The summed E-state index contributed by atoms with van der Waals surface area (Å²) in [5, 5.41) is 9.38. The molecule has 0 bridgehead atoms. The van der Waals surface area contributed by atoms with Gasteiger partial charge in [0.25, 0.3) is 0 Å².